The summed E-state index contributed by atoms with van der Waals surface area (Å²) in [6.07, 6.45) is 5.05. The SMILES string of the molecule is O=C1CCC(N2C(=O)c3cccc(CNC4CC5(CCCNC5)C4)c3C2=O)C(=O)N1. The molecule has 0 radical (unpaired) electrons. The van der Waals surface area contributed by atoms with Gasteiger partial charge in [-0.2, -0.15) is 0 Å². The van der Waals surface area contributed by atoms with E-state index in [2.05, 4.69) is 16.0 Å². The molecule has 1 spiro atoms. The highest BCUT2D eigenvalue weighted by Crippen LogP contribution is 2.46. The van der Waals surface area contributed by atoms with E-state index < -0.39 is 23.8 Å². The molecular formula is C22H26N4O4. The smallest absolute Gasteiger partial charge is 0.262 e. The third kappa shape index (κ3) is 3.15. The first-order valence-electron chi connectivity index (χ1n) is 10.8. The van der Waals surface area contributed by atoms with E-state index in [-0.39, 0.29) is 18.7 Å². The molecule has 30 heavy (non-hydrogen) atoms. The summed E-state index contributed by atoms with van der Waals surface area (Å²) < 4.78 is 0. The summed E-state index contributed by atoms with van der Waals surface area (Å²) in [7, 11) is 0. The lowest BCUT2D eigenvalue weighted by atomic mass is 9.62. The molecule has 3 fully saturated rings. The lowest BCUT2D eigenvalue weighted by Gasteiger charge is -2.50. The lowest BCUT2D eigenvalue weighted by Crippen LogP contribution is -2.55. The molecule has 8 heteroatoms. The Morgan fingerprint density at radius 2 is 1.97 bits per heavy atom. The van der Waals surface area contributed by atoms with Crippen LogP contribution in [0, 0.1) is 5.41 Å². The van der Waals surface area contributed by atoms with E-state index in [0.29, 0.717) is 29.1 Å². The minimum atomic E-state index is -0.929. The molecule has 2 saturated heterocycles. The number of nitrogens with zero attached hydrogens (tertiary/aromatic N) is 1. The van der Waals surface area contributed by atoms with E-state index in [9.17, 15) is 19.2 Å². The Bertz CT molecular complexity index is 929. The first kappa shape index (κ1) is 19.4. The van der Waals surface area contributed by atoms with Gasteiger partial charge in [-0.3, -0.25) is 29.4 Å². The van der Waals surface area contributed by atoms with Crippen molar-refractivity contribution in [2.75, 3.05) is 13.1 Å². The van der Waals surface area contributed by atoms with E-state index in [1.54, 1.807) is 12.1 Å². The normalized spacial score (nSPS) is 31.0. The van der Waals surface area contributed by atoms with Crippen LogP contribution >= 0.6 is 0 Å². The maximum absolute atomic E-state index is 13.1. The Hall–Kier alpha value is -2.58. The lowest BCUT2D eigenvalue weighted by molar-refractivity contribution is -0.136. The van der Waals surface area contributed by atoms with Gasteiger partial charge in [-0.1, -0.05) is 12.1 Å². The highest BCUT2D eigenvalue weighted by molar-refractivity contribution is 6.24. The van der Waals surface area contributed by atoms with Crippen LogP contribution in [0.25, 0.3) is 0 Å². The van der Waals surface area contributed by atoms with Gasteiger partial charge < -0.3 is 10.6 Å². The summed E-state index contributed by atoms with van der Waals surface area (Å²) in [6, 6.07) is 4.77. The predicted molar refractivity (Wildman–Crippen MR) is 108 cm³/mol. The van der Waals surface area contributed by atoms with Gasteiger partial charge in [0.2, 0.25) is 11.8 Å². The summed E-state index contributed by atoms with van der Waals surface area (Å²) in [5.74, 6) is -1.85. The molecule has 4 aliphatic rings. The zero-order valence-electron chi connectivity index (χ0n) is 16.8. The van der Waals surface area contributed by atoms with Gasteiger partial charge in [0.15, 0.2) is 0 Å². The molecule has 1 aromatic carbocycles. The van der Waals surface area contributed by atoms with Gasteiger partial charge in [-0.25, -0.2) is 0 Å². The fraction of sp³-hybridized carbons (Fsp3) is 0.545. The minimum absolute atomic E-state index is 0.122. The molecule has 1 aromatic rings. The first-order chi connectivity index (χ1) is 14.5. The van der Waals surface area contributed by atoms with Crippen molar-refractivity contribution in [3.05, 3.63) is 34.9 Å². The molecule has 5 rings (SSSR count). The van der Waals surface area contributed by atoms with Gasteiger partial charge in [0.05, 0.1) is 11.1 Å². The van der Waals surface area contributed by atoms with Crippen molar-refractivity contribution in [3.8, 4) is 0 Å². The molecule has 1 atom stereocenters. The Kier molecular flexibility index (Phi) is 4.71. The van der Waals surface area contributed by atoms with Crippen molar-refractivity contribution in [1.82, 2.24) is 20.9 Å². The van der Waals surface area contributed by atoms with E-state index in [1.165, 1.54) is 12.8 Å². The van der Waals surface area contributed by atoms with Gasteiger partial charge in [-0.05, 0) is 55.7 Å². The van der Waals surface area contributed by atoms with Crippen molar-refractivity contribution in [2.24, 2.45) is 5.41 Å². The summed E-state index contributed by atoms with van der Waals surface area (Å²) in [5.41, 5.74) is 1.92. The van der Waals surface area contributed by atoms with Crippen LogP contribution in [0.1, 0.15) is 64.8 Å². The number of carbonyl (C=O) groups is 4. The Morgan fingerprint density at radius 3 is 2.70 bits per heavy atom. The number of amides is 4. The zero-order chi connectivity index (χ0) is 20.9. The number of nitrogens with one attached hydrogen (secondary N) is 3. The second kappa shape index (κ2) is 7.28. The number of fused-ring (bicyclic) bond motifs is 1. The molecular weight excluding hydrogens is 384 g/mol. The Morgan fingerprint density at radius 1 is 1.13 bits per heavy atom. The van der Waals surface area contributed by atoms with Crippen LogP contribution in [0.3, 0.4) is 0 Å². The first-order valence-corrected chi connectivity index (χ1v) is 10.8. The fourth-order valence-corrected chi connectivity index (χ4v) is 5.50. The highest BCUT2D eigenvalue weighted by atomic mass is 16.2. The summed E-state index contributed by atoms with van der Waals surface area (Å²) in [5, 5.41) is 9.27. The monoisotopic (exact) mass is 410 g/mol. The number of imide groups is 2. The summed E-state index contributed by atoms with van der Waals surface area (Å²) >= 11 is 0. The summed E-state index contributed by atoms with van der Waals surface area (Å²) in [6.45, 7) is 2.70. The standard InChI is InChI=1S/C22H26N4O4/c27-17-6-5-16(19(28)25-17)26-20(29)15-4-1-3-13(18(15)21(26)30)11-24-14-9-22(10-14)7-2-8-23-12-22/h1,3-4,14,16,23-24H,2,5-12H2,(H,25,27,28). The van der Waals surface area contributed by atoms with E-state index in [1.807, 2.05) is 6.07 Å². The van der Waals surface area contributed by atoms with Gasteiger partial charge in [0.1, 0.15) is 6.04 Å². The van der Waals surface area contributed by atoms with E-state index in [4.69, 9.17) is 0 Å². The molecule has 158 valence electrons. The van der Waals surface area contributed by atoms with E-state index in [0.717, 1.165) is 36.4 Å². The van der Waals surface area contributed by atoms with Gasteiger partial charge in [0, 0.05) is 25.6 Å². The number of benzene rings is 1. The minimum Gasteiger partial charge on any atom is -0.316 e. The van der Waals surface area contributed by atoms with Gasteiger partial charge in [-0.15, -0.1) is 0 Å². The maximum Gasteiger partial charge on any atom is 0.262 e. The third-order valence-electron chi connectivity index (χ3n) is 7.06. The van der Waals surface area contributed by atoms with Crippen LogP contribution in [-0.4, -0.2) is 53.7 Å². The number of hydrogen-bond donors (Lipinski definition) is 3. The third-order valence-corrected chi connectivity index (χ3v) is 7.06. The van der Waals surface area contributed by atoms with Crippen molar-refractivity contribution >= 4 is 23.6 Å². The average Bonchev–Trinajstić information content (AvgIpc) is 2.97. The van der Waals surface area contributed by atoms with Crippen LogP contribution in [0.4, 0.5) is 0 Å². The second-order valence-electron chi connectivity index (χ2n) is 9.05. The second-order valence-corrected chi connectivity index (χ2v) is 9.05. The molecule has 0 aromatic heterocycles. The number of carbonyl (C=O) groups excluding carboxylic acids is 4. The summed E-state index contributed by atoms with van der Waals surface area (Å²) in [4.78, 5) is 50.7. The van der Waals surface area contributed by atoms with Gasteiger partial charge >= 0.3 is 0 Å². The quantitative estimate of drug-likeness (QED) is 0.631. The van der Waals surface area contributed by atoms with Crippen LogP contribution in [0.5, 0.6) is 0 Å². The Balaban J connectivity index is 1.29. The van der Waals surface area contributed by atoms with Crippen LogP contribution < -0.4 is 16.0 Å². The Labute approximate surface area is 174 Å². The molecule has 3 aliphatic heterocycles. The molecule has 8 nitrogen and oxygen atoms in total. The molecule has 1 unspecified atom stereocenters. The predicted octanol–water partition coefficient (Wildman–Crippen LogP) is 0.710. The number of rotatable bonds is 4. The van der Waals surface area contributed by atoms with Gasteiger partial charge in [0.25, 0.3) is 11.8 Å². The zero-order valence-corrected chi connectivity index (χ0v) is 16.8. The molecule has 4 amide bonds. The fourth-order valence-electron chi connectivity index (χ4n) is 5.50. The maximum atomic E-state index is 13.1. The molecule has 1 saturated carbocycles. The largest absolute Gasteiger partial charge is 0.316 e. The number of hydrogen-bond acceptors (Lipinski definition) is 6. The van der Waals surface area contributed by atoms with Crippen molar-refractivity contribution < 1.29 is 19.2 Å². The molecule has 3 heterocycles. The molecule has 0 bridgehead atoms. The van der Waals surface area contributed by atoms with Crippen LogP contribution in [0.2, 0.25) is 0 Å². The average molecular weight is 410 g/mol. The molecule has 3 N–H and O–H groups in total. The topological polar surface area (TPSA) is 108 Å². The van der Waals surface area contributed by atoms with Crippen molar-refractivity contribution in [1.29, 1.82) is 0 Å². The van der Waals surface area contributed by atoms with Crippen LogP contribution in [-0.2, 0) is 16.1 Å². The van der Waals surface area contributed by atoms with E-state index >= 15 is 0 Å². The number of piperidine rings is 2. The van der Waals surface area contributed by atoms with Crippen molar-refractivity contribution in [2.45, 2.75) is 57.2 Å². The highest BCUT2D eigenvalue weighted by Gasteiger charge is 2.46. The van der Waals surface area contributed by atoms with Crippen molar-refractivity contribution in [3.63, 3.8) is 0 Å². The molecule has 1 aliphatic carbocycles. The van der Waals surface area contributed by atoms with Crippen LogP contribution in [0.15, 0.2) is 18.2 Å².